The van der Waals surface area contributed by atoms with Crippen LogP contribution in [0.3, 0.4) is 0 Å². The number of allylic oxidation sites excluding steroid dienone is 4. The molecule has 46 heavy (non-hydrogen) atoms. The van der Waals surface area contributed by atoms with Gasteiger partial charge in [-0.3, -0.25) is 0 Å². The molecule has 1 radical (unpaired) electrons. The molecule has 0 aliphatic heterocycles. The van der Waals surface area contributed by atoms with Gasteiger partial charge in [-0.25, -0.2) is 0 Å². The van der Waals surface area contributed by atoms with Gasteiger partial charge in [0.25, 0.3) is 0 Å². The van der Waals surface area contributed by atoms with E-state index in [-0.39, 0.29) is 19.5 Å². The van der Waals surface area contributed by atoms with Crippen LogP contribution >= 0.6 is 15.8 Å². The molecule has 247 valence electrons. The van der Waals surface area contributed by atoms with E-state index in [4.69, 9.17) is 9.47 Å². The van der Waals surface area contributed by atoms with Crippen LogP contribution in [-0.2, 0) is 19.5 Å². The van der Waals surface area contributed by atoms with Crippen molar-refractivity contribution in [2.75, 3.05) is 26.5 Å². The van der Waals surface area contributed by atoms with Crippen molar-refractivity contribution in [3.05, 3.63) is 133 Å². The molecule has 4 aromatic rings. The molecule has 0 spiro atoms. The maximum atomic E-state index is 9.75. The van der Waals surface area contributed by atoms with Crippen LogP contribution in [-0.4, -0.2) is 33.8 Å². The van der Waals surface area contributed by atoms with Crippen molar-refractivity contribution in [2.45, 2.75) is 25.7 Å². The molecule has 0 aromatic heterocycles. The first-order chi connectivity index (χ1) is 21.8. The molecule has 5 rings (SSSR count). The van der Waals surface area contributed by atoms with E-state index in [9.17, 15) is 17.3 Å². The quantitative estimate of drug-likeness (QED) is 0.0735. The van der Waals surface area contributed by atoms with Crippen LogP contribution < -0.4 is 30.7 Å². The molecule has 2 nitrogen and oxygen atoms in total. The number of benzene rings is 4. The van der Waals surface area contributed by atoms with Gasteiger partial charge in [0, 0.05) is 30.1 Å². The van der Waals surface area contributed by atoms with E-state index in [0.29, 0.717) is 0 Å². The topological polar surface area (TPSA) is 18.5 Å². The summed E-state index contributed by atoms with van der Waals surface area (Å²) in [7, 11) is -3.57. The minimum absolute atomic E-state index is 0. The maximum Gasteiger partial charge on any atom is 0.673 e. The Morgan fingerprint density at radius 2 is 0.783 bits per heavy atom. The zero-order chi connectivity index (χ0) is 32.3. The second-order valence-corrected chi connectivity index (χ2v) is 14.5. The van der Waals surface area contributed by atoms with Gasteiger partial charge in [0.15, 0.2) is 0 Å². The number of rotatable bonds is 9. The number of methoxy groups -OCH3 is 2. The van der Waals surface area contributed by atoms with Crippen molar-refractivity contribution in [3.8, 4) is 11.5 Å². The minimum atomic E-state index is -6.00. The molecule has 2 atom stereocenters. The third-order valence-corrected chi connectivity index (χ3v) is 12.2. The molecule has 0 fully saturated rings. The summed E-state index contributed by atoms with van der Waals surface area (Å²) < 4.78 is 50.5. The summed E-state index contributed by atoms with van der Waals surface area (Å²) in [5.74, 6) is 1.95. The van der Waals surface area contributed by atoms with Crippen LogP contribution in [0.1, 0.15) is 25.7 Å². The Morgan fingerprint density at radius 3 is 1.09 bits per heavy atom. The third kappa shape index (κ3) is 14.3. The normalized spacial score (nSPS) is 14.3. The number of hydrogen-bond donors (Lipinski definition) is 0. The SMILES string of the molecule is C1=CCC/C=C\CC1.COc1ccccc1[P@@](CC[P@@](c1ccccc1)c1ccccc1OC)c1ccccc1.F[B-](F)(F)F.[Rh]. The maximum absolute atomic E-state index is 9.75. The van der Waals surface area contributed by atoms with Crippen molar-refractivity contribution >= 4 is 44.3 Å². The van der Waals surface area contributed by atoms with Gasteiger partial charge in [-0.1, -0.05) is 121 Å². The van der Waals surface area contributed by atoms with E-state index >= 15 is 0 Å². The van der Waals surface area contributed by atoms with Crippen LogP contribution in [0.5, 0.6) is 11.5 Å². The van der Waals surface area contributed by atoms with Crippen molar-refractivity contribution < 1.29 is 46.2 Å². The van der Waals surface area contributed by atoms with Gasteiger partial charge in [0.2, 0.25) is 0 Å². The first kappa shape index (κ1) is 39.4. The number of hydrogen-bond acceptors (Lipinski definition) is 2. The van der Waals surface area contributed by atoms with Crippen LogP contribution in [0, 0.1) is 0 Å². The van der Waals surface area contributed by atoms with Gasteiger partial charge in [0.05, 0.1) is 14.2 Å². The molecule has 0 N–H and O–H groups in total. The van der Waals surface area contributed by atoms with Crippen molar-refractivity contribution in [3.63, 3.8) is 0 Å². The standard InChI is InChI=1S/C28H28O2P2.C8H12.BF4.Rh/c1-29-25-17-9-11-19-27(25)31(23-13-5-3-6-14-23)21-22-32(24-15-7-4-8-16-24)28-20-12-10-18-26(28)30-2;1-2-4-6-8-7-5-3-1;2-1(3,4)5;/h3-20H,21-22H2,1-2H3;1-2,7-8H,3-6H2;;/q;;-1;/b;2-1-,8-7?;;/t31-,32-;;;/m0.../s1. The van der Waals surface area contributed by atoms with Gasteiger partial charge in [0.1, 0.15) is 11.5 Å². The molecule has 0 saturated carbocycles. The van der Waals surface area contributed by atoms with Gasteiger partial charge in [-0.2, -0.15) is 0 Å². The van der Waals surface area contributed by atoms with Gasteiger partial charge in [-0.05, 0) is 76.6 Å². The van der Waals surface area contributed by atoms with E-state index in [0.717, 1.165) is 23.8 Å². The predicted molar refractivity (Wildman–Crippen MR) is 188 cm³/mol. The largest absolute Gasteiger partial charge is 0.673 e. The van der Waals surface area contributed by atoms with E-state index < -0.39 is 23.1 Å². The van der Waals surface area contributed by atoms with Crippen molar-refractivity contribution in [1.82, 2.24) is 0 Å². The number of para-hydroxylation sites is 2. The van der Waals surface area contributed by atoms with Crippen LogP contribution in [0.25, 0.3) is 0 Å². The Hall–Kier alpha value is -2.77. The first-order valence-corrected chi connectivity index (χ1v) is 18.0. The van der Waals surface area contributed by atoms with E-state index in [1.807, 2.05) is 12.1 Å². The van der Waals surface area contributed by atoms with Crippen LogP contribution in [0.4, 0.5) is 17.3 Å². The zero-order valence-electron chi connectivity index (χ0n) is 26.1. The molecular formula is C36H40BF4O2P2Rh-. The molecule has 1 aliphatic carbocycles. The molecule has 0 amide bonds. The molecule has 1 aliphatic rings. The Kier molecular flexibility index (Phi) is 18.8. The second-order valence-electron chi connectivity index (χ2n) is 9.91. The summed E-state index contributed by atoms with van der Waals surface area (Å²) in [6.45, 7) is 0. The Labute approximate surface area is 286 Å². The fourth-order valence-electron chi connectivity index (χ4n) is 4.75. The Bertz CT molecular complexity index is 1330. The average Bonchev–Trinajstić information content (AvgIpc) is 3.03. The molecule has 0 unspecified atom stereocenters. The minimum Gasteiger partial charge on any atom is -0.496 e. The summed E-state index contributed by atoms with van der Waals surface area (Å²) in [5.41, 5.74) is 0. The molecular weight excluding hydrogens is 716 g/mol. The Morgan fingerprint density at radius 1 is 0.500 bits per heavy atom. The average molecular weight is 756 g/mol. The van der Waals surface area contributed by atoms with E-state index in [2.05, 4.69) is 121 Å². The first-order valence-electron chi connectivity index (χ1n) is 14.9. The summed E-state index contributed by atoms with van der Waals surface area (Å²) in [5, 5.41) is 5.38. The fraction of sp³-hybridized carbons (Fsp3) is 0.222. The molecule has 0 heterocycles. The second kappa shape index (κ2) is 21.9. The van der Waals surface area contributed by atoms with Crippen LogP contribution in [0.2, 0.25) is 0 Å². The third-order valence-electron chi connectivity index (χ3n) is 6.77. The summed E-state index contributed by atoms with van der Waals surface area (Å²) >= 11 is 0. The van der Waals surface area contributed by atoms with Gasteiger partial charge < -0.3 is 26.7 Å². The monoisotopic (exact) mass is 756 g/mol. The fourth-order valence-corrected chi connectivity index (χ4v) is 10.4. The summed E-state index contributed by atoms with van der Waals surface area (Å²) in [4.78, 5) is 0. The summed E-state index contributed by atoms with van der Waals surface area (Å²) in [6.07, 6.45) is 16.2. The molecule has 0 saturated heterocycles. The predicted octanol–water partition coefficient (Wildman–Crippen LogP) is 9.24. The van der Waals surface area contributed by atoms with E-state index in [1.165, 1.54) is 46.9 Å². The molecule has 0 bridgehead atoms. The smallest absolute Gasteiger partial charge is 0.496 e. The van der Waals surface area contributed by atoms with Gasteiger partial charge in [-0.15, -0.1) is 0 Å². The summed E-state index contributed by atoms with van der Waals surface area (Å²) in [6, 6.07) is 38.7. The molecule has 4 aromatic carbocycles. The Balaban J connectivity index is 0.000000440. The number of ether oxygens (including phenoxy) is 2. The van der Waals surface area contributed by atoms with Gasteiger partial charge >= 0.3 is 7.25 Å². The zero-order valence-corrected chi connectivity index (χ0v) is 29.5. The van der Waals surface area contributed by atoms with Crippen molar-refractivity contribution in [1.29, 1.82) is 0 Å². The number of halogens is 4. The van der Waals surface area contributed by atoms with Crippen LogP contribution in [0.15, 0.2) is 133 Å². The van der Waals surface area contributed by atoms with Crippen molar-refractivity contribution in [2.24, 2.45) is 0 Å². The molecule has 10 heteroatoms. The van der Waals surface area contributed by atoms with E-state index in [1.54, 1.807) is 14.2 Å².